The van der Waals surface area contributed by atoms with E-state index in [2.05, 4.69) is 30.2 Å². The summed E-state index contributed by atoms with van der Waals surface area (Å²) in [6.45, 7) is 6.51. The van der Waals surface area contributed by atoms with Crippen molar-refractivity contribution >= 4 is 11.3 Å². The highest BCUT2D eigenvalue weighted by atomic mass is 32.1. The number of furan rings is 1. The van der Waals surface area contributed by atoms with Crippen molar-refractivity contribution in [3.63, 3.8) is 0 Å². The minimum absolute atomic E-state index is 0.220. The van der Waals surface area contributed by atoms with Crippen LogP contribution in [-0.2, 0) is 18.7 Å². The lowest BCUT2D eigenvalue weighted by molar-refractivity contribution is 0.0946. The zero-order valence-electron chi connectivity index (χ0n) is 18.7. The Balaban J connectivity index is 1.68. The molecular formula is C27H27F2NO2S. The highest BCUT2D eigenvalue weighted by molar-refractivity contribution is 7.10. The molecule has 0 aliphatic rings. The van der Waals surface area contributed by atoms with E-state index in [4.69, 9.17) is 4.42 Å². The zero-order valence-corrected chi connectivity index (χ0v) is 19.5. The Morgan fingerprint density at radius 3 is 2.15 bits per heavy atom. The van der Waals surface area contributed by atoms with Gasteiger partial charge in [-0.05, 0) is 84.4 Å². The number of aryl methyl sites for hydroxylation is 1. The van der Waals surface area contributed by atoms with E-state index in [1.165, 1.54) is 46.8 Å². The Morgan fingerprint density at radius 2 is 1.61 bits per heavy atom. The second-order valence-corrected chi connectivity index (χ2v) is 9.24. The normalized spacial score (nSPS) is 11.9. The molecule has 0 bridgehead atoms. The summed E-state index contributed by atoms with van der Waals surface area (Å²) in [5.74, 6) is -0.0829. The van der Waals surface area contributed by atoms with Crippen LogP contribution in [0.4, 0.5) is 8.78 Å². The molecule has 33 heavy (non-hydrogen) atoms. The van der Waals surface area contributed by atoms with Gasteiger partial charge in [0.1, 0.15) is 23.2 Å². The van der Waals surface area contributed by atoms with Crippen LogP contribution in [0.15, 0.2) is 76.5 Å². The van der Waals surface area contributed by atoms with Crippen LogP contribution >= 0.6 is 11.3 Å². The number of halogens is 2. The monoisotopic (exact) mass is 467 g/mol. The van der Waals surface area contributed by atoms with Gasteiger partial charge in [0.2, 0.25) is 0 Å². The van der Waals surface area contributed by atoms with Gasteiger partial charge in [-0.1, -0.05) is 31.2 Å². The molecule has 0 aliphatic carbocycles. The summed E-state index contributed by atoms with van der Waals surface area (Å²) in [4.78, 5) is 3.61. The summed E-state index contributed by atoms with van der Waals surface area (Å²) < 4.78 is 34.3. The maximum absolute atomic E-state index is 14.1. The van der Waals surface area contributed by atoms with Gasteiger partial charge in [-0.15, -0.1) is 11.3 Å². The van der Waals surface area contributed by atoms with Crippen LogP contribution in [0, 0.1) is 18.6 Å². The average Bonchev–Trinajstić information content (AvgIpc) is 3.43. The van der Waals surface area contributed by atoms with Gasteiger partial charge in [0, 0.05) is 11.4 Å². The molecule has 0 radical (unpaired) electrons. The maximum atomic E-state index is 14.1. The van der Waals surface area contributed by atoms with Gasteiger partial charge in [-0.25, -0.2) is 8.78 Å². The first-order valence-corrected chi connectivity index (χ1v) is 11.9. The number of thiophene rings is 1. The van der Waals surface area contributed by atoms with Crippen LogP contribution in [0.25, 0.3) is 0 Å². The molecule has 0 spiro atoms. The van der Waals surface area contributed by atoms with Crippen molar-refractivity contribution in [2.75, 3.05) is 6.54 Å². The molecular weight excluding hydrogens is 440 g/mol. The molecule has 1 N–H and O–H groups in total. The molecule has 0 aliphatic heterocycles. The lowest BCUT2D eigenvalue weighted by Crippen LogP contribution is -2.28. The molecule has 2 aromatic carbocycles. The van der Waals surface area contributed by atoms with Crippen LogP contribution in [0.5, 0.6) is 0 Å². The fourth-order valence-electron chi connectivity index (χ4n) is 4.06. The van der Waals surface area contributed by atoms with E-state index in [0.29, 0.717) is 12.3 Å². The third-order valence-electron chi connectivity index (χ3n) is 5.76. The van der Waals surface area contributed by atoms with Crippen molar-refractivity contribution in [1.29, 1.82) is 0 Å². The molecule has 0 atom stereocenters. The summed E-state index contributed by atoms with van der Waals surface area (Å²) in [7, 11) is 0. The smallest absolute Gasteiger partial charge is 0.173 e. The first-order valence-electron chi connectivity index (χ1n) is 11.0. The van der Waals surface area contributed by atoms with Crippen LogP contribution < -0.4 is 0 Å². The Bertz CT molecular complexity index is 1170. The maximum Gasteiger partial charge on any atom is 0.173 e. The van der Waals surface area contributed by atoms with Crippen molar-refractivity contribution < 1.29 is 18.3 Å². The van der Waals surface area contributed by atoms with E-state index in [1.807, 2.05) is 6.07 Å². The van der Waals surface area contributed by atoms with Crippen molar-refractivity contribution in [3.8, 4) is 0 Å². The number of benzene rings is 2. The molecule has 4 rings (SSSR count). The van der Waals surface area contributed by atoms with E-state index >= 15 is 0 Å². The predicted molar refractivity (Wildman–Crippen MR) is 127 cm³/mol. The first kappa shape index (κ1) is 23.4. The summed E-state index contributed by atoms with van der Waals surface area (Å²) >= 11 is 1.74. The quantitative estimate of drug-likeness (QED) is 0.300. The highest BCUT2D eigenvalue weighted by Crippen LogP contribution is 2.38. The van der Waals surface area contributed by atoms with Crippen molar-refractivity contribution in [3.05, 3.63) is 117 Å². The van der Waals surface area contributed by atoms with E-state index in [0.717, 1.165) is 19.5 Å². The second-order valence-electron chi connectivity index (χ2n) is 8.23. The van der Waals surface area contributed by atoms with Crippen molar-refractivity contribution in [2.24, 2.45) is 0 Å². The van der Waals surface area contributed by atoms with Crippen molar-refractivity contribution in [2.45, 2.75) is 39.0 Å². The molecule has 4 aromatic rings. The molecule has 2 heterocycles. The molecule has 0 saturated carbocycles. The molecule has 0 fully saturated rings. The Labute approximate surface area is 196 Å². The summed E-state index contributed by atoms with van der Waals surface area (Å²) in [5, 5.41) is 13.9. The van der Waals surface area contributed by atoms with Crippen LogP contribution in [0.3, 0.4) is 0 Å². The highest BCUT2D eigenvalue weighted by Gasteiger charge is 2.38. The third kappa shape index (κ3) is 5.08. The number of aliphatic hydroxyl groups is 1. The zero-order chi connectivity index (χ0) is 23.4. The standard InChI is InChI=1S/C27H27F2NO2S/c1-3-13-30(18-25-19(2)12-14-33-25)17-24-10-11-26(32-24)27(31,20-6-4-8-22(28)15-20)21-7-5-9-23(29)16-21/h4-12,14-16,31H,3,13,17-18H2,1-2H3. The largest absolute Gasteiger partial charge is 0.461 e. The fraction of sp³-hybridized carbons (Fsp3) is 0.259. The van der Waals surface area contributed by atoms with Gasteiger partial charge >= 0.3 is 0 Å². The average molecular weight is 468 g/mol. The summed E-state index contributed by atoms with van der Waals surface area (Å²) in [6, 6.07) is 17.0. The predicted octanol–water partition coefficient (Wildman–Crippen LogP) is 6.62. The molecule has 0 amide bonds. The lowest BCUT2D eigenvalue weighted by Gasteiger charge is -2.27. The minimum Gasteiger partial charge on any atom is -0.461 e. The molecule has 172 valence electrons. The molecule has 2 aromatic heterocycles. The Kier molecular flexibility index (Phi) is 7.08. The van der Waals surface area contributed by atoms with E-state index in [-0.39, 0.29) is 16.9 Å². The van der Waals surface area contributed by atoms with Gasteiger partial charge in [-0.3, -0.25) is 4.90 Å². The fourth-order valence-corrected chi connectivity index (χ4v) is 5.00. The van der Waals surface area contributed by atoms with Crippen LogP contribution in [0.1, 0.15) is 46.4 Å². The number of nitrogens with zero attached hydrogens (tertiary/aromatic N) is 1. The Hall–Kier alpha value is -2.80. The second kappa shape index (κ2) is 10.00. The minimum atomic E-state index is -1.83. The first-order chi connectivity index (χ1) is 15.9. The molecule has 3 nitrogen and oxygen atoms in total. The molecule has 0 saturated heterocycles. The van der Waals surface area contributed by atoms with Crippen LogP contribution in [0.2, 0.25) is 0 Å². The van der Waals surface area contributed by atoms with Gasteiger partial charge in [0.15, 0.2) is 5.60 Å². The lowest BCUT2D eigenvalue weighted by atomic mass is 9.84. The molecule has 0 unspecified atom stereocenters. The van der Waals surface area contributed by atoms with E-state index in [9.17, 15) is 13.9 Å². The van der Waals surface area contributed by atoms with Gasteiger partial charge in [0.25, 0.3) is 0 Å². The third-order valence-corrected chi connectivity index (χ3v) is 6.77. The topological polar surface area (TPSA) is 36.6 Å². The van der Waals surface area contributed by atoms with Gasteiger partial charge in [-0.2, -0.15) is 0 Å². The Morgan fingerprint density at radius 1 is 0.939 bits per heavy atom. The van der Waals surface area contributed by atoms with Gasteiger partial charge < -0.3 is 9.52 Å². The number of hydrogen-bond donors (Lipinski definition) is 1. The summed E-state index contributed by atoms with van der Waals surface area (Å²) in [6.07, 6.45) is 0.995. The number of hydrogen-bond acceptors (Lipinski definition) is 4. The molecule has 6 heteroatoms. The number of rotatable bonds is 9. The SMILES string of the molecule is CCCN(Cc1ccc(C(O)(c2cccc(F)c2)c2cccc(F)c2)o1)Cc1sccc1C. The van der Waals surface area contributed by atoms with Crippen LogP contribution in [-0.4, -0.2) is 16.6 Å². The van der Waals surface area contributed by atoms with Gasteiger partial charge in [0.05, 0.1) is 6.54 Å². The van der Waals surface area contributed by atoms with E-state index < -0.39 is 17.2 Å². The summed E-state index contributed by atoms with van der Waals surface area (Å²) in [5.41, 5.74) is -0.0161. The van der Waals surface area contributed by atoms with Crippen molar-refractivity contribution in [1.82, 2.24) is 4.90 Å². The van der Waals surface area contributed by atoms with E-state index in [1.54, 1.807) is 29.5 Å².